The lowest BCUT2D eigenvalue weighted by Crippen LogP contribution is -2.26. The number of halogens is 6. The van der Waals surface area contributed by atoms with Crippen LogP contribution in [-0.2, 0) is 11.0 Å². The van der Waals surface area contributed by atoms with Crippen LogP contribution in [0.4, 0.5) is 26.3 Å². The van der Waals surface area contributed by atoms with Crippen LogP contribution in [0.3, 0.4) is 0 Å². The molecule has 0 saturated carbocycles. The van der Waals surface area contributed by atoms with Crippen LogP contribution in [0.25, 0.3) is 0 Å². The minimum atomic E-state index is -4.97. The Morgan fingerprint density at radius 2 is 1.41 bits per heavy atom. The Balaban J connectivity index is 1.91. The Morgan fingerprint density at radius 3 is 1.98 bits per heavy atom. The Hall–Kier alpha value is -4.68. The van der Waals surface area contributed by atoms with E-state index in [9.17, 15) is 45.5 Å². The van der Waals surface area contributed by atoms with Crippen molar-refractivity contribution in [2.75, 3.05) is 6.54 Å². The molecule has 3 rings (SSSR count). The summed E-state index contributed by atoms with van der Waals surface area (Å²) in [5, 5.41) is 11.1. The predicted octanol–water partition coefficient (Wildman–Crippen LogP) is 6.05. The van der Waals surface area contributed by atoms with Gasteiger partial charge in [-0.05, 0) is 54.1 Å². The molecule has 0 aromatic heterocycles. The molecule has 0 aliphatic carbocycles. The van der Waals surface area contributed by atoms with Gasteiger partial charge in [0.25, 0.3) is 5.91 Å². The molecule has 0 heterocycles. The number of ketones is 2. The van der Waals surface area contributed by atoms with Gasteiger partial charge in [0, 0.05) is 29.7 Å². The molecular formula is C28H21F6NO6. The Kier molecular flexibility index (Phi) is 9.53. The zero-order chi connectivity index (χ0) is 30.4. The number of benzene rings is 3. The van der Waals surface area contributed by atoms with Gasteiger partial charge in [0.05, 0.1) is 17.9 Å². The Morgan fingerprint density at radius 1 is 0.805 bits per heavy atom. The summed E-state index contributed by atoms with van der Waals surface area (Å²) in [5.41, 5.74) is -1.17. The second-order valence-corrected chi connectivity index (χ2v) is 8.72. The predicted molar refractivity (Wildman–Crippen MR) is 132 cm³/mol. The molecule has 7 nitrogen and oxygen atoms in total. The molecule has 2 N–H and O–H groups in total. The number of aliphatic carboxylic acids is 1. The summed E-state index contributed by atoms with van der Waals surface area (Å²) in [6.07, 6.45) is -10.6. The highest BCUT2D eigenvalue weighted by Crippen LogP contribution is 2.32. The third-order valence-electron chi connectivity index (χ3n) is 5.79. The number of alkyl halides is 6. The fraction of sp³-hybridized carbons (Fsp3) is 0.214. The van der Waals surface area contributed by atoms with E-state index in [1.165, 1.54) is 24.3 Å². The summed E-state index contributed by atoms with van der Waals surface area (Å²) in [5.74, 6) is -5.13. The summed E-state index contributed by atoms with van der Waals surface area (Å²) >= 11 is 0. The van der Waals surface area contributed by atoms with Crippen molar-refractivity contribution in [3.8, 4) is 5.75 Å². The number of carboxylic acid groups (broad SMARTS) is 1. The molecule has 0 saturated heterocycles. The summed E-state index contributed by atoms with van der Waals surface area (Å²) in [6, 6.07) is 12.8. The highest BCUT2D eigenvalue weighted by Gasteiger charge is 2.33. The quantitative estimate of drug-likeness (QED) is 0.211. The van der Waals surface area contributed by atoms with Crippen molar-refractivity contribution in [3.05, 3.63) is 101 Å². The third-order valence-corrected chi connectivity index (χ3v) is 5.79. The van der Waals surface area contributed by atoms with Gasteiger partial charge in [0.1, 0.15) is 5.75 Å². The first kappa shape index (κ1) is 30.9. The van der Waals surface area contributed by atoms with Crippen LogP contribution in [0.1, 0.15) is 61.0 Å². The summed E-state index contributed by atoms with van der Waals surface area (Å²) in [7, 11) is 0. The fourth-order valence-electron chi connectivity index (χ4n) is 3.81. The van der Waals surface area contributed by atoms with Gasteiger partial charge >= 0.3 is 18.5 Å². The maximum Gasteiger partial charge on any atom is 0.573 e. The first-order valence-corrected chi connectivity index (χ1v) is 11.8. The Bertz CT molecular complexity index is 1420. The molecular weight excluding hydrogens is 560 g/mol. The molecule has 0 fully saturated rings. The second-order valence-electron chi connectivity index (χ2n) is 8.72. The van der Waals surface area contributed by atoms with Crippen LogP contribution < -0.4 is 10.1 Å². The lowest BCUT2D eigenvalue weighted by molar-refractivity contribution is -0.274. The molecule has 41 heavy (non-hydrogen) atoms. The zero-order valence-corrected chi connectivity index (χ0v) is 20.9. The average molecular weight is 581 g/mol. The van der Waals surface area contributed by atoms with Crippen molar-refractivity contribution >= 4 is 23.4 Å². The van der Waals surface area contributed by atoms with Crippen LogP contribution in [0.15, 0.2) is 72.8 Å². The van der Waals surface area contributed by atoms with Gasteiger partial charge in [-0.1, -0.05) is 24.3 Å². The molecule has 3 aromatic carbocycles. The standard InChI is InChI=1S/C28H21F6NO6/c29-27(30,31)20-3-1-2-19(14-20)23(36)15-22(25(39)17-8-10-21(11-9-17)41-28(32,33)34)16-4-6-18(7-5-16)26(40)35-13-12-24(37)38/h1-11,14,22H,12-13,15H2,(H,35,40)(H,37,38). The van der Waals surface area contributed by atoms with E-state index in [-0.39, 0.29) is 35.2 Å². The number of carbonyl (C=O) groups is 4. The number of carbonyl (C=O) groups excluding carboxylic acids is 3. The number of hydrogen-bond donors (Lipinski definition) is 2. The molecule has 0 aliphatic rings. The van der Waals surface area contributed by atoms with E-state index in [1.54, 1.807) is 0 Å². The van der Waals surface area contributed by atoms with Crippen LogP contribution in [0.5, 0.6) is 5.75 Å². The fourth-order valence-corrected chi connectivity index (χ4v) is 3.81. The van der Waals surface area contributed by atoms with E-state index in [2.05, 4.69) is 10.1 Å². The minimum Gasteiger partial charge on any atom is -0.481 e. The van der Waals surface area contributed by atoms with Gasteiger partial charge in [-0.3, -0.25) is 19.2 Å². The number of amides is 1. The Labute approximate surface area is 228 Å². The van der Waals surface area contributed by atoms with E-state index in [1.807, 2.05) is 0 Å². The van der Waals surface area contributed by atoms with Crippen LogP contribution in [0, 0.1) is 0 Å². The molecule has 13 heteroatoms. The highest BCUT2D eigenvalue weighted by atomic mass is 19.4. The minimum absolute atomic E-state index is 0.100. The second kappa shape index (κ2) is 12.7. The molecule has 0 spiro atoms. The lowest BCUT2D eigenvalue weighted by Gasteiger charge is -2.17. The van der Waals surface area contributed by atoms with Crippen LogP contribution in [0.2, 0.25) is 0 Å². The van der Waals surface area contributed by atoms with Gasteiger partial charge < -0.3 is 15.2 Å². The number of nitrogens with one attached hydrogen (secondary N) is 1. The molecule has 216 valence electrons. The summed E-state index contributed by atoms with van der Waals surface area (Å²) in [4.78, 5) is 49.3. The van der Waals surface area contributed by atoms with Crippen molar-refractivity contribution in [2.24, 2.45) is 0 Å². The SMILES string of the molecule is O=C(O)CCNC(=O)c1ccc(C(CC(=O)c2cccc(C(F)(F)F)c2)C(=O)c2ccc(OC(F)(F)F)cc2)cc1. The molecule has 0 aliphatic heterocycles. The highest BCUT2D eigenvalue weighted by molar-refractivity contribution is 6.06. The van der Waals surface area contributed by atoms with Crippen molar-refractivity contribution in [1.29, 1.82) is 0 Å². The van der Waals surface area contributed by atoms with Gasteiger partial charge in [0.15, 0.2) is 11.6 Å². The van der Waals surface area contributed by atoms with Crippen molar-refractivity contribution in [2.45, 2.75) is 31.3 Å². The van der Waals surface area contributed by atoms with E-state index in [0.717, 1.165) is 42.5 Å². The number of Topliss-reactive ketones (excluding diaryl/α,β-unsaturated/α-hetero) is 2. The van der Waals surface area contributed by atoms with Gasteiger partial charge in [-0.2, -0.15) is 13.2 Å². The van der Waals surface area contributed by atoms with E-state index >= 15 is 0 Å². The largest absolute Gasteiger partial charge is 0.573 e. The maximum atomic E-state index is 13.4. The summed E-state index contributed by atoms with van der Waals surface area (Å²) < 4.78 is 80.8. The first-order chi connectivity index (χ1) is 19.1. The third kappa shape index (κ3) is 8.92. The zero-order valence-electron chi connectivity index (χ0n) is 20.9. The molecule has 1 amide bonds. The first-order valence-electron chi connectivity index (χ1n) is 11.8. The van der Waals surface area contributed by atoms with Crippen molar-refractivity contribution in [1.82, 2.24) is 5.32 Å². The number of ether oxygens (including phenoxy) is 1. The number of hydrogen-bond acceptors (Lipinski definition) is 5. The topological polar surface area (TPSA) is 110 Å². The maximum absolute atomic E-state index is 13.4. The van der Waals surface area contributed by atoms with Gasteiger partial charge in [-0.15, -0.1) is 13.2 Å². The molecule has 1 atom stereocenters. The van der Waals surface area contributed by atoms with Gasteiger partial charge in [0.2, 0.25) is 0 Å². The van der Waals surface area contributed by atoms with Crippen LogP contribution >= 0.6 is 0 Å². The molecule has 0 bridgehead atoms. The summed E-state index contributed by atoms with van der Waals surface area (Å²) in [6.45, 7) is -0.142. The molecule has 1 unspecified atom stereocenters. The smallest absolute Gasteiger partial charge is 0.481 e. The lowest BCUT2D eigenvalue weighted by atomic mass is 9.85. The number of rotatable bonds is 11. The molecule has 0 radical (unpaired) electrons. The van der Waals surface area contributed by atoms with Gasteiger partial charge in [-0.25, -0.2) is 0 Å². The van der Waals surface area contributed by atoms with Crippen LogP contribution in [-0.4, -0.2) is 41.5 Å². The van der Waals surface area contributed by atoms with E-state index < -0.39 is 59.6 Å². The van der Waals surface area contributed by atoms with E-state index in [4.69, 9.17) is 5.11 Å². The normalized spacial score (nSPS) is 12.3. The van der Waals surface area contributed by atoms with E-state index in [0.29, 0.717) is 6.07 Å². The van der Waals surface area contributed by atoms with Crippen molar-refractivity contribution < 1.29 is 55.4 Å². The number of carboxylic acids is 1. The van der Waals surface area contributed by atoms with Crippen molar-refractivity contribution in [3.63, 3.8) is 0 Å². The monoisotopic (exact) mass is 581 g/mol. The molecule has 3 aromatic rings. The average Bonchev–Trinajstić information content (AvgIpc) is 2.90.